The molecule has 0 radical (unpaired) electrons. The second kappa shape index (κ2) is 6.59. The summed E-state index contributed by atoms with van der Waals surface area (Å²) in [4.78, 5) is 24.2. The summed E-state index contributed by atoms with van der Waals surface area (Å²) in [7, 11) is 0. The number of carbonyl (C=O) groups excluding carboxylic acids is 1. The molecule has 114 valence electrons. The van der Waals surface area contributed by atoms with Crippen LogP contribution in [-0.4, -0.2) is 54.2 Å². The zero-order valence-corrected chi connectivity index (χ0v) is 11.0. The number of nitrogens with zero attached hydrogens (tertiary/aromatic N) is 1. The topological polar surface area (TPSA) is 78.9 Å². The number of rotatable bonds is 4. The van der Waals surface area contributed by atoms with E-state index in [4.69, 9.17) is 9.84 Å². The minimum absolute atomic E-state index is 0.0780. The number of aliphatic carboxylic acids is 1. The van der Waals surface area contributed by atoms with E-state index in [1.165, 1.54) is 0 Å². The van der Waals surface area contributed by atoms with Gasteiger partial charge in [0, 0.05) is 19.2 Å². The van der Waals surface area contributed by atoms with Crippen molar-refractivity contribution in [1.82, 2.24) is 4.90 Å². The number of anilines is 1. The molecule has 2 rings (SSSR count). The SMILES string of the molecule is O=C(CN1CCOC(C(=O)O)C1)Nc1ccc(F)cc1F. The first-order valence-electron chi connectivity index (χ1n) is 6.27. The van der Waals surface area contributed by atoms with Crippen molar-refractivity contribution in [2.45, 2.75) is 6.10 Å². The summed E-state index contributed by atoms with van der Waals surface area (Å²) in [6.07, 6.45) is -0.978. The van der Waals surface area contributed by atoms with Crippen LogP contribution in [-0.2, 0) is 14.3 Å². The third kappa shape index (κ3) is 4.20. The van der Waals surface area contributed by atoms with Gasteiger partial charge in [0.05, 0.1) is 18.8 Å². The quantitative estimate of drug-likeness (QED) is 0.855. The fraction of sp³-hybridized carbons (Fsp3) is 0.385. The third-order valence-electron chi connectivity index (χ3n) is 3.00. The number of hydrogen-bond acceptors (Lipinski definition) is 4. The molecule has 1 amide bonds. The van der Waals surface area contributed by atoms with Gasteiger partial charge in [-0.25, -0.2) is 13.6 Å². The van der Waals surface area contributed by atoms with Gasteiger partial charge < -0.3 is 15.2 Å². The van der Waals surface area contributed by atoms with E-state index >= 15 is 0 Å². The summed E-state index contributed by atoms with van der Waals surface area (Å²) in [6.45, 7) is 0.594. The van der Waals surface area contributed by atoms with Crippen molar-refractivity contribution in [2.75, 3.05) is 31.6 Å². The smallest absolute Gasteiger partial charge is 0.334 e. The van der Waals surface area contributed by atoms with Crippen LogP contribution in [0, 0.1) is 11.6 Å². The van der Waals surface area contributed by atoms with Gasteiger partial charge in [-0.1, -0.05) is 0 Å². The molecule has 1 unspecified atom stereocenters. The van der Waals surface area contributed by atoms with E-state index in [1.807, 2.05) is 0 Å². The largest absolute Gasteiger partial charge is 0.479 e. The van der Waals surface area contributed by atoms with Crippen molar-refractivity contribution in [2.24, 2.45) is 0 Å². The van der Waals surface area contributed by atoms with Crippen molar-refractivity contribution in [3.8, 4) is 0 Å². The lowest BCUT2D eigenvalue weighted by Crippen LogP contribution is -2.48. The van der Waals surface area contributed by atoms with Crippen molar-refractivity contribution >= 4 is 17.6 Å². The standard InChI is InChI=1S/C13H14F2N2O4/c14-8-1-2-10(9(15)5-8)16-12(18)7-17-3-4-21-11(6-17)13(19)20/h1-2,5,11H,3-4,6-7H2,(H,16,18)(H,19,20). The zero-order chi connectivity index (χ0) is 15.4. The van der Waals surface area contributed by atoms with Gasteiger partial charge >= 0.3 is 5.97 Å². The maximum atomic E-state index is 13.4. The molecule has 6 nitrogen and oxygen atoms in total. The summed E-state index contributed by atoms with van der Waals surface area (Å²) in [6, 6.07) is 2.83. The molecule has 1 aliphatic heterocycles. The third-order valence-corrected chi connectivity index (χ3v) is 3.00. The number of nitrogens with one attached hydrogen (secondary N) is 1. The Balaban J connectivity index is 1.91. The maximum absolute atomic E-state index is 13.4. The Morgan fingerprint density at radius 3 is 2.86 bits per heavy atom. The number of benzene rings is 1. The highest BCUT2D eigenvalue weighted by atomic mass is 19.1. The minimum Gasteiger partial charge on any atom is -0.479 e. The predicted octanol–water partition coefficient (Wildman–Crippen LogP) is 0.689. The summed E-state index contributed by atoms with van der Waals surface area (Å²) in [5.41, 5.74) is -0.121. The van der Waals surface area contributed by atoms with Gasteiger partial charge in [0.1, 0.15) is 11.6 Å². The van der Waals surface area contributed by atoms with Crippen LogP contribution in [0.3, 0.4) is 0 Å². The summed E-state index contributed by atoms with van der Waals surface area (Å²) in [5, 5.41) is 11.2. The molecule has 0 spiro atoms. The molecule has 1 atom stereocenters. The minimum atomic E-state index is -1.09. The molecule has 1 fully saturated rings. The van der Waals surface area contributed by atoms with E-state index in [2.05, 4.69) is 5.32 Å². The molecule has 8 heteroatoms. The van der Waals surface area contributed by atoms with Crippen LogP contribution >= 0.6 is 0 Å². The maximum Gasteiger partial charge on any atom is 0.334 e. The zero-order valence-electron chi connectivity index (χ0n) is 11.0. The highest BCUT2D eigenvalue weighted by Gasteiger charge is 2.27. The Morgan fingerprint density at radius 2 is 2.19 bits per heavy atom. The molecule has 0 aromatic heterocycles. The van der Waals surface area contributed by atoms with E-state index < -0.39 is 29.6 Å². The summed E-state index contributed by atoms with van der Waals surface area (Å²) >= 11 is 0. The van der Waals surface area contributed by atoms with Crippen LogP contribution in [0.1, 0.15) is 0 Å². The molecule has 1 aromatic rings. The second-order valence-electron chi connectivity index (χ2n) is 4.61. The monoisotopic (exact) mass is 300 g/mol. The normalized spacial score (nSPS) is 19.2. The molecule has 0 saturated carbocycles. The van der Waals surface area contributed by atoms with Gasteiger partial charge in [0.25, 0.3) is 0 Å². The Kier molecular flexibility index (Phi) is 4.81. The van der Waals surface area contributed by atoms with Gasteiger partial charge in [0.2, 0.25) is 5.91 Å². The number of amides is 1. The fourth-order valence-corrected chi connectivity index (χ4v) is 1.98. The molecular weight excluding hydrogens is 286 g/mol. The first-order chi connectivity index (χ1) is 9.95. The molecule has 1 aliphatic rings. The van der Waals surface area contributed by atoms with Crippen molar-refractivity contribution in [3.63, 3.8) is 0 Å². The predicted molar refractivity (Wildman–Crippen MR) is 68.8 cm³/mol. The van der Waals surface area contributed by atoms with E-state index in [-0.39, 0.29) is 25.4 Å². The number of carboxylic acids is 1. The fourth-order valence-electron chi connectivity index (χ4n) is 1.98. The van der Waals surface area contributed by atoms with Crippen LogP contribution in [0.2, 0.25) is 0 Å². The number of carboxylic acid groups (broad SMARTS) is 1. The van der Waals surface area contributed by atoms with Crippen LogP contribution < -0.4 is 5.32 Å². The molecule has 0 bridgehead atoms. The Bertz CT molecular complexity index is 553. The van der Waals surface area contributed by atoms with Crippen molar-refractivity contribution in [1.29, 1.82) is 0 Å². The summed E-state index contributed by atoms with van der Waals surface area (Å²) in [5.74, 6) is -3.20. The molecule has 1 saturated heterocycles. The lowest BCUT2D eigenvalue weighted by Gasteiger charge is -2.30. The van der Waals surface area contributed by atoms with Crippen molar-refractivity contribution in [3.05, 3.63) is 29.8 Å². The lowest BCUT2D eigenvalue weighted by atomic mass is 10.2. The van der Waals surface area contributed by atoms with E-state index in [9.17, 15) is 18.4 Å². The van der Waals surface area contributed by atoms with Gasteiger partial charge in [0.15, 0.2) is 6.10 Å². The van der Waals surface area contributed by atoms with E-state index in [0.717, 1.165) is 12.1 Å². The van der Waals surface area contributed by atoms with Gasteiger partial charge in [-0.3, -0.25) is 9.69 Å². The first kappa shape index (κ1) is 15.3. The number of hydrogen-bond donors (Lipinski definition) is 2. The van der Waals surface area contributed by atoms with Crippen LogP contribution in [0.5, 0.6) is 0 Å². The molecule has 1 heterocycles. The number of morpholine rings is 1. The van der Waals surface area contributed by atoms with Gasteiger partial charge in [-0.2, -0.15) is 0 Å². The van der Waals surface area contributed by atoms with Crippen LogP contribution in [0.4, 0.5) is 14.5 Å². The molecule has 2 N–H and O–H groups in total. The summed E-state index contributed by atoms with van der Waals surface area (Å²) < 4.78 is 31.2. The molecular formula is C13H14F2N2O4. The average Bonchev–Trinajstić information content (AvgIpc) is 2.42. The van der Waals surface area contributed by atoms with Gasteiger partial charge in [-0.05, 0) is 12.1 Å². The van der Waals surface area contributed by atoms with Crippen LogP contribution in [0.15, 0.2) is 18.2 Å². The van der Waals surface area contributed by atoms with E-state index in [0.29, 0.717) is 12.6 Å². The Morgan fingerprint density at radius 1 is 1.43 bits per heavy atom. The van der Waals surface area contributed by atoms with Crippen LogP contribution in [0.25, 0.3) is 0 Å². The Hall–Kier alpha value is -2.06. The van der Waals surface area contributed by atoms with Crippen molar-refractivity contribution < 1.29 is 28.2 Å². The Labute approximate surface area is 119 Å². The van der Waals surface area contributed by atoms with Gasteiger partial charge in [-0.15, -0.1) is 0 Å². The number of carbonyl (C=O) groups is 2. The highest BCUT2D eigenvalue weighted by molar-refractivity contribution is 5.92. The number of ether oxygens (including phenoxy) is 1. The first-order valence-corrected chi connectivity index (χ1v) is 6.27. The molecule has 21 heavy (non-hydrogen) atoms. The lowest BCUT2D eigenvalue weighted by molar-refractivity contribution is -0.156. The molecule has 1 aromatic carbocycles. The highest BCUT2D eigenvalue weighted by Crippen LogP contribution is 2.15. The number of halogens is 2. The second-order valence-corrected chi connectivity index (χ2v) is 4.61. The van der Waals surface area contributed by atoms with E-state index in [1.54, 1.807) is 4.90 Å². The average molecular weight is 300 g/mol. The molecule has 0 aliphatic carbocycles.